The molecule has 0 bridgehead atoms. The molecule has 2 aromatic carbocycles. The number of nitro groups is 1. The summed E-state index contributed by atoms with van der Waals surface area (Å²) in [5, 5.41) is 23.6. The molecule has 8 nitrogen and oxygen atoms in total. The summed E-state index contributed by atoms with van der Waals surface area (Å²) in [5.41, 5.74) is 1.79. The van der Waals surface area contributed by atoms with Gasteiger partial charge in [-0.15, -0.1) is 0 Å². The molecule has 0 aliphatic carbocycles. The third-order valence-corrected chi connectivity index (χ3v) is 5.06. The smallest absolute Gasteiger partial charge is 0.269 e. The zero-order chi connectivity index (χ0) is 20.6. The summed E-state index contributed by atoms with van der Waals surface area (Å²) in [6.07, 6.45) is -0.900. The largest absolute Gasteiger partial charge is 0.387 e. The molecule has 1 fully saturated rings. The van der Waals surface area contributed by atoms with Crippen molar-refractivity contribution in [3.05, 3.63) is 75.8 Å². The molecule has 0 spiro atoms. The lowest BCUT2D eigenvalue weighted by Crippen LogP contribution is -2.49. The number of amides is 1. The Balaban J connectivity index is 1.37. The lowest BCUT2D eigenvalue weighted by molar-refractivity contribution is -0.384. The van der Waals surface area contributed by atoms with Crippen molar-refractivity contribution in [1.82, 2.24) is 15.1 Å². The van der Waals surface area contributed by atoms with Crippen molar-refractivity contribution in [3.8, 4) is 0 Å². The Bertz CT molecular complexity index is 805. The molecule has 1 aliphatic rings. The Morgan fingerprint density at radius 1 is 1.03 bits per heavy atom. The lowest BCUT2D eigenvalue weighted by Gasteiger charge is -2.34. The fourth-order valence-electron chi connectivity index (χ4n) is 3.35. The van der Waals surface area contributed by atoms with E-state index in [9.17, 15) is 20.0 Å². The fourth-order valence-corrected chi connectivity index (χ4v) is 3.35. The first-order chi connectivity index (χ1) is 14.0. The number of nitrogens with one attached hydrogen (secondary N) is 1. The number of hydrogen-bond donors (Lipinski definition) is 2. The van der Waals surface area contributed by atoms with Gasteiger partial charge < -0.3 is 10.4 Å². The Hall–Kier alpha value is -2.81. The molecule has 3 rings (SSSR count). The van der Waals surface area contributed by atoms with E-state index in [1.807, 2.05) is 18.2 Å². The Kier molecular flexibility index (Phi) is 7.29. The number of benzene rings is 2. The minimum Gasteiger partial charge on any atom is -0.387 e. The van der Waals surface area contributed by atoms with E-state index < -0.39 is 11.0 Å². The Labute approximate surface area is 169 Å². The first-order valence-electron chi connectivity index (χ1n) is 9.69. The van der Waals surface area contributed by atoms with Crippen molar-refractivity contribution >= 4 is 11.6 Å². The number of hydrogen-bond acceptors (Lipinski definition) is 6. The van der Waals surface area contributed by atoms with Gasteiger partial charge >= 0.3 is 0 Å². The summed E-state index contributed by atoms with van der Waals surface area (Å²) in [5.74, 6) is -0.137. The van der Waals surface area contributed by atoms with Gasteiger partial charge in [0.15, 0.2) is 0 Å². The van der Waals surface area contributed by atoms with Crippen LogP contribution in [0.15, 0.2) is 54.6 Å². The summed E-state index contributed by atoms with van der Waals surface area (Å²) < 4.78 is 0. The molecule has 1 amide bonds. The van der Waals surface area contributed by atoms with Crippen LogP contribution in [0.1, 0.15) is 17.2 Å². The van der Waals surface area contributed by atoms with E-state index in [2.05, 4.69) is 27.2 Å². The van der Waals surface area contributed by atoms with E-state index in [0.29, 0.717) is 12.1 Å². The molecule has 1 heterocycles. The van der Waals surface area contributed by atoms with Crippen molar-refractivity contribution in [2.24, 2.45) is 0 Å². The molecule has 0 saturated carbocycles. The van der Waals surface area contributed by atoms with Crippen molar-refractivity contribution in [2.75, 3.05) is 39.3 Å². The van der Waals surface area contributed by atoms with Crippen LogP contribution in [0.25, 0.3) is 0 Å². The van der Waals surface area contributed by atoms with Crippen molar-refractivity contribution < 1.29 is 14.8 Å². The van der Waals surface area contributed by atoms with Gasteiger partial charge in [0.25, 0.3) is 5.69 Å². The second-order valence-corrected chi connectivity index (χ2v) is 7.21. The molecule has 2 N–H and O–H groups in total. The highest BCUT2D eigenvalue weighted by molar-refractivity contribution is 5.78. The number of piperazine rings is 1. The maximum absolute atomic E-state index is 12.2. The highest BCUT2D eigenvalue weighted by Gasteiger charge is 2.19. The average Bonchev–Trinajstić information content (AvgIpc) is 2.74. The van der Waals surface area contributed by atoms with Crippen LogP contribution >= 0.6 is 0 Å². The van der Waals surface area contributed by atoms with Crippen LogP contribution in [0.4, 0.5) is 5.69 Å². The van der Waals surface area contributed by atoms with Gasteiger partial charge in [-0.05, 0) is 23.3 Å². The van der Waals surface area contributed by atoms with E-state index in [4.69, 9.17) is 0 Å². The van der Waals surface area contributed by atoms with Crippen LogP contribution in [-0.2, 0) is 11.3 Å². The van der Waals surface area contributed by atoms with Crippen LogP contribution in [0.3, 0.4) is 0 Å². The number of non-ortho nitro benzene ring substituents is 1. The minimum atomic E-state index is -0.900. The average molecular weight is 398 g/mol. The predicted octanol–water partition coefficient (Wildman–Crippen LogP) is 1.56. The zero-order valence-electron chi connectivity index (χ0n) is 16.2. The normalized spacial score (nSPS) is 16.3. The highest BCUT2D eigenvalue weighted by atomic mass is 16.6. The second kappa shape index (κ2) is 10.1. The maximum Gasteiger partial charge on any atom is 0.269 e. The van der Waals surface area contributed by atoms with Gasteiger partial charge in [-0.2, -0.15) is 0 Å². The number of rotatable bonds is 8. The SMILES string of the molecule is O=C(CN1CCN(Cc2ccccc2)CC1)NCC(O)c1ccc([N+](=O)[O-])cc1. The van der Waals surface area contributed by atoms with E-state index >= 15 is 0 Å². The van der Waals surface area contributed by atoms with E-state index in [-0.39, 0.29) is 18.1 Å². The second-order valence-electron chi connectivity index (χ2n) is 7.21. The van der Waals surface area contributed by atoms with Crippen LogP contribution in [0, 0.1) is 10.1 Å². The Morgan fingerprint density at radius 2 is 1.66 bits per heavy atom. The molecule has 154 valence electrons. The Morgan fingerprint density at radius 3 is 2.28 bits per heavy atom. The monoisotopic (exact) mass is 398 g/mol. The quantitative estimate of drug-likeness (QED) is 0.517. The molecule has 1 unspecified atom stereocenters. The molecule has 1 saturated heterocycles. The fraction of sp³-hybridized carbons (Fsp3) is 0.381. The molecule has 1 aliphatic heterocycles. The number of nitro benzene ring substituents is 1. The zero-order valence-corrected chi connectivity index (χ0v) is 16.2. The molecular formula is C21H26N4O4. The number of aliphatic hydroxyl groups is 1. The van der Waals surface area contributed by atoms with Gasteiger partial charge in [0.1, 0.15) is 0 Å². The van der Waals surface area contributed by atoms with Gasteiger partial charge in [-0.25, -0.2) is 0 Å². The first-order valence-corrected chi connectivity index (χ1v) is 9.69. The molecule has 0 radical (unpaired) electrons. The van der Waals surface area contributed by atoms with E-state index in [1.165, 1.54) is 29.8 Å². The summed E-state index contributed by atoms with van der Waals surface area (Å²) in [6, 6.07) is 16.0. The summed E-state index contributed by atoms with van der Waals surface area (Å²) >= 11 is 0. The molecule has 29 heavy (non-hydrogen) atoms. The summed E-state index contributed by atoms with van der Waals surface area (Å²) in [6.45, 7) is 4.76. The number of carbonyl (C=O) groups excluding carboxylic acids is 1. The predicted molar refractivity (Wildman–Crippen MR) is 109 cm³/mol. The van der Waals surface area contributed by atoms with Gasteiger partial charge in [0.05, 0.1) is 17.6 Å². The summed E-state index contributed by atoms with van der Waals surface area (Å²) in [7, 11) is 0. The topological polar surface area (TPSA) is 99.0 Å². The molecule has 8 heteroatoms. The number of nitrogens with zero attached hydrogens (tertiary/aromatic N) is 3. The van der Waals surface area contributed by atoms with Crippen molar-refractivity contribution in [3.63, 3.8) is 0 Å². The maximum atomic E-state index is 12.2. The van der Waals surface area contributed by atoms with Gasteiger partial charge in [-0.1, -0.05) is 30.3 Å². The van der Waals surface area contributed by atoms with Crippen molar-refractivity contribution in [2.45, 2.75) is 12.6 Å². The van der Waals surface area contributed by atoms with Crippen molar-refractivity contribution in [1.29, 1.82) is 0 Å². The van der Waals surface area contributed by atoms with Crippen LogP contribution < -0.4 is 5.32 Å². The minimum absolute atomic E-state index is 0.0311. The van der Waals surface area contributed by atoms with E-state index in [1.54, 1.807) is 0 Å². The highest BCUT2D eigenvalue weighted by Crippen LogP contribution is 2.17. The molecule has 2 aromatic rings. The van der Waals surface area contributed by atoms with Crippen LogP contribution in [-0.4, -0.2) is 65.0 Å². The lowest BCUT2D eigenvalue weighted by atomic mass is 10.1. The number of aliphatic hydroxyl groups excluding tert-OH is 1. The third kappa shape index (κ3) is 6.35. The third-order valence-electron chi connectivity index (χ3n) is 5.06. The summed E-state index contributed by atoms with van der Waals surface area (Å²) in [4.78, 5) is 26.9. The van der Waals surface area contributed by atoms with Gasteiger partial charge in [0.2, 0.25) is 5.91 Å². The van der Waals surface area contributed by atoms with Crippen LogP contribution in [0.5, 0.6) is 0 Å². The van der Waals surface area contributed by atoms with Gasteiger partial charge in [0, 0.05) is 51.4 Å². The molecular weight excluding hydrogens is 372 g/mol. The van der Waals surface area contributed by atoms with Gasteiger partial charge in [-0.3, -0.25) is 24.7 Å². The van der Waals surface area contributed by atoms with E-state index in [0.717, 1.165) is 32.7 Å². The van der Waals surface area contributed by atoms with Crippen LogP contribution in [0.2, 0.25) is 0 Å². The molecule has 0 aromatic heterocycles. The number of carbonyl (C=O) groups is 1. The standard InChI is InChI=1S/C21H26N4O4/c26-20(18-6-8-19(9-7-18)25(28)29)14-22-21(27)16-24-12-10-23(11-13-24)15-17-4-2-1-3-5-17/h1-9,20,26H,10-16H2,(H,22,27). The first kappa shape index (κ1) is 20.9. The molecule has 1 atom stereocenters.